The number of ether oxygens (including phenoxy) is 1. The zero-order valence-electron chi connectivity index (χ0n) is 12.0. The first kappa shape index (κ1) is 16.7. The molecule has 0 aliphatic heterocycles. The first-order valence-electron chi connectivity index (χ1n) is 6.57. The van der Waals surface area contributed by atoms with Gasteiger partial charge in [0.2, 0.25) is 0 Å². The second kappa shape index (κ2) is 7.40. The molecule has 1 aromatic rings. The van der Waals surface area contributed by atoms with Gasteiger partial charge in [0.05, 0.1) is 11.5 Å². The fourth-order valence-corrected chi connectivity index (χ4v) is 2.68. The predicted molar refractivity (Wildman–Crippen MR) is 74.8 cm³/mol. The molecular formula is C14H20O5S. The van der Waals surface area contributed by atoms with Crippen LogP contribution in [-0.2, 0) is 23.8 Å². The van der Waals surface area contributed by atoms with Crippen LogP contribution in [0.4, 0.5) is 0 Å². The highest BCUT2D eigenvalue weighted by molar-refractivity contribution is 7.86. The molecule has 0 N–H and O–H groups in total. The van der Waals surface area contributed by atoms with Crippen molar-refractivity contribution in [2.24, 2.45) is 0 Å². The number of carbonyl (C=O) groups is 1. The van der Waals surface area contributed by atoms with E-state index >= 15 is 0 Å². The fourth-order valence-electron chi connectivity index (χ4n) is 1.62. The smallest absolute Gasteiger partial charge is 0.336 e. The summed E-state index contributed by atoms with van der Waals surface area (Å²) in [5, 5.41) is 0. The van der Waals surface area contributed by atoms with E-state index < -0.39 is 22.2 Å². The summed E-state index contributed by atoms with van der Waals surface area (Å²) in [6.07, 6.45) is -0.178. The number of aryl methyl sites for hydroxylation is 1. The summed E-state index contributed by atoms with van der Waals surface area (Å²) < 4.78 is 34.1. The summed E-state index contributed by atoms with van der Waals surface area (Å²) in [5.41, 5.74) is 0.944. The molecule has 0 fully saturated rings. The number of hydrogen-bond acceptors (Lipinski definition) is 5. The lowest BCUT2D eigenvalue weighted by atomic mass is 10.2. The molecule has 0 radical (unpaired) electrons. The van der Waals surface area contributed by atoms with Crippen LogP contribution in [0.15, 0.2) is 29.2 Å². The number of carbonyl (C=O) groups excluding carboxylic acids is 1. The Kier molecular flexibility index (Phi) is 6.16. The van der Waals surface area contributed by atoms with Crippen LogP contribution in [0.2, 0.25) is 0 Å². The predicted octanol–water partition coefficient (Wildman–Crippen LogP) is 2.43. The van der Waals surface area contributed by atoms with Gasteiger partial charge in [-0.15, -0.1) is 0 Å². The third kappa shape index (κ3) is 4.61. The fraction of sp³-hybridized carbons (Fsp3) is 0.500. The molecule has 0 bridgehead atoms. The van der Waals surface area contributed by atoms with E-state index in [1.54, 1.807) is 19.1 Å². The lowest BCUT2D eigenvalue weighted by Gasteiger charge is -2.15. The maximum Gasteiger partial charge on any atom is 0.336 e. The lowest BCUT2D eigenvalue weighted by molar-refractivity contribution is -0.151. The minimum Gasteiger partial charge on any atom is -0.464 e. The van der Waals surface area contributed by atoms with E-state index in [1.165, 1.54) is 12.1 Å². The molecule has 0 heterocycles. The molecule has 112 valence electrons. The van der Waals surface area contributed by atoms with Gasteiger partial charge in [0.1, 0.15) is 0 Å². The Labute approximate surface area is 120 Å². The molecule has 0 spiro atoms. The van der Waals surface area contributed by atoms with Crippen LogP contribution in [0, 0.1) is 6.92 Å². The van der Waals surface area contributed by atoms with Gasteiger partial charge >= 0.3 is 5.97 Å². The van der Waals surface area contributed by atoms with Gasteiger partial charge < -0.3 is 4.74 Å². The minimum atomic E-state index is -3.96. The molecule has 0 aliphatic carbocycles. The number of esters is 1. The van der Waals surface area contributed by atoms with Crippen molar-refractivity contribution in [2.75, 3.05) is 6.61 Å². The van der Waals surface area contributed by atoms with Gasteiger partial charge in [0.25, 0.3) is 10.1 Å². The molecular weight excluding hydrogens is 280 g/mol. The van der Waals surface area contributed by atoms with Crippen LogP contribution >= 0.6 is 0 Å². The van der Waals surface area contributed by atoms with E-state index in [2.05, 4.69) is 0 Å². The van der Waals surface area contributed by atoms with Crippen molar-refractivity contribution in [2.45, 2.75) is 44.6 Å². The van der Waals surface area contributed by atoms with Crippen molar-refractivity contribution in [3.63, 3.8) is 0 Å². The van der Waals surface area contributed by atoms with Crippen LogP contribution in [0.1, 0.15) is 32.3 Å². The largest absolute Gasteiger partial charge is 0.464 e. The highest BCUT2D eigenvalue weighted by atomic mass is 32.2. The Balaban J connectivity index is 2.91. The van der Waals surface area contributed by atoms with Crippen LogP contribution < -0.4 is 0 Å². The first-order valence-corrected chi connectivity index (χ1v) is 7.98. The Morgan fingerprint density at radius 1 is 1.20 bits per heavy atom. The molecule has 0 saturated heterocycles. The topological polar surface area (TPSA) is 69.7 Å². The van der Waals surface area contributed by atoms with E-state index in [1.807, 2.05) is 13.8 Å². The van der Waals surface area contributed by atoms with Crippen LogP contribution in [0.3, 0.4) is 0 Å². The summed E-state index contributed by atoms with van der Waals surface area (Å²) in [6, 6.07) is 6.27. The zero-order chi connectivity index (χ0) is 15.2. The second-order valence-corrected chi connectivity index (χ2v) is 5.96. The van der Waals surface area contributed by atoms with Crippen molar-refractivity contribution in [1.29, 1.82) is 0 Å². The van der Waals surface area contributed by atoms with Gasteiger partial charge in [0.15, 0.2) is 6.10 Å². The van der Waals surface area contributed by atoms with Gasteiger partial charge in [-0.1, -0.05) is 31.0 Å². The Morgan fingerprint density at radius 2 is 1.80 bits per heavy atom. The minimum absolute atomic E-state index is 0.0356. The summed E-state index contributed by atoms with van der Waals surface area (Å²) >= 11 is 0. The van der Waals surface area contributed by atoms with Crippen molar-refractivity contribution in [1.82, 2.24) is 0 Å². The van der Waals surface area contributed by atoms with Gasteiger partial charge in [0, 0.05) is 0 Å². The van der Waals surface area contributed by atoms with Crippen LogP contribution in [-0.4, -0.2) is 27.1 Å². The zero-order valence-corrected chi connectivity index (χ0v) is 12.8. The van der Waals surface area contributed by atoms with Crippen LogP contribution in [0.5, 0.6) is 0 Å². The third-order valence-electron chi connectivity index (χ3n) is 2.65. The van der Waals surface area contributed by atoms with E-state index in [0.717, 1.165) is 5.56 Å². The maximum atomic E-state index is 12.1. The van der Waals surface area contributed by atoms with E-state index in [0.29, 0.717) is 12.8 Å². The molecule has 0 aliphatic rings. The van der Waals surface area contributed by atoms with Crippen LogP contribution in [0.25, 0.3) is 0 Å². The molecule has 20 heavy (non-hydrogen) atoms. The van der Waals surface area contributed by atoms with Gasteiger partial charge in [-0.05, 0) is 32.4 Å². The van der Waals surface area contributed by atoms with E-state index in [9.17, 15) is 13.2 Å². The number of hydrogen-bond donors (Lipinski definition) is 0. The summed E-state index contributed by atoms with van der Waals surface area (Å²) in [4.78, 5) is 11.7. The standard InChI is InChI=1S/C14H20O5S/c1-4-6-13(14(15)18-5-2)19-20(16,17)12-9-7-11(3)8-10-12/h7-10,13H,4-6H2,1-3H3. The average Bonchev–Trinajstić information content (AvgIpc) is 2.39. The van der Waals surface area contributed by atoms with E-state index in [-0.39, 0.29) is 11.5 Å². The highest BCUT2D eigenvalue weighted by Gasteiger charge is 2.27. The SMILES string of the molecule is CCCC(OS(=O)(=O)c1ccc(C)cc1)C(=O)OCC. The second-order valence-electron chi connectivity index (χ2n) is 4.39. The normalized spacial score (nSPS) is 12.9. The Bertz CT molecular complexity index is 533. The van der Waals surface area contributed by atoms with Crippen molar-refractivity contribution >= 4 is 16.1 Å². The van der Waals surface area contributed by atoms with Crippen molar-refractivity contribution in [3.8, 4) is 0 Å². The third-order valence-corrected chi connectivity index (χ3v) is 3.99. The molecule has 1 aromatic carbocycles. The van der Waals surface area contributed by atoms with Gasteiger partial charge in [-0.2, -0.15) is 8.42 Å². The Hall–Kier alpha value is -1.40. The van der Waals surface area contributed by atoms with E-state index in [4.69, 9.17) is 8.92 Å². The molecule has 6 heteroatoms. The molecule has 1 rings (SSSR count). The number of benzene rings is 1. The maximum absolute atomic E-state index is 12.1. The average molecular weight is 300 g/mol. The molecule has 0 aromatic heterocycles. The lowest BCUT2D eigenvalue weighted by Crippen LogP contribution is -2.29. The van der Waals surface area contributed by atoms with Crippen molar-refractivity contribution < 1.29 is 22.1 Å². The summed E-state index contributed by atoms with van der Waals surface area (Å²) in [6.45, 7) is 5.55. The first-order chi connectivity index (χ1) is 9.40. The summed E-state index contributed by atoms with van der Waals surface area (Å²) in [5.74, 6) is -0.648. The molecule has 5 nitrogen and oxygen atoms in total. The molecule has 0 amide bonds. The van der Waals surface area contributed by atoms with Gasteiger partial charge in [-0.25, -0.2) is 4.79 Å². The molecule has 1 atom stereocenters. The monoisotopic (exact) mass is 300 g/mol. The molecule has 1 unspecified atom stereocenters. The highest BCUT2D eigenvalue weighted by Crippen LogP contribution is 2.17. The molecule has 0 saturated carbocycles. The summed E-state index contributed by atoms with van der Waals surface area (Å²) in [7, 11) is -3.96. The number of rotatable bonds is 7. The van der Waals surface area contributed by atoms with Crippen molar-refractivity contribution in [3.05, 3.63) is 29.8 Å². The quantitative estimate of drug-likeness (QED) is 0.571. The Morgan fingerprint density at radius 3 is 2.30 bits per heavy atom. The van der Waals surface area contributed by atoms with Gasteiger partial charge in [-0.3, -0.25) is 4.18 Å².